The maximum Gasteiger partial charge on any atom is 0.335 e. The summed E-state index contributed by atoms with van der Waals surface area (Å²) in [4.78, 5) is 20.7. The molecule has 1 aromatic heterocycles. The second-order valence-electron chi connectivity index (χ2n) is 4.09. The molecule has 0 saturated heterocycles. The number of hydrogen-bond donors (Lipinski definition) is 1. The Morgan fingerprint density at radius 1 is 1.35 bits per heavy atom. The molecule has 0 spiro atoms. The Balaban J connectivity index is 2.40. The first-order valence-corrected chi connectivity index (χ1v) is 5.74. The van der Waals surface area contributed by atoms with E-state index in [1.807, 2.05) is 0 Å². The highest BCUT2D eigenvalue weighted by Crippen LogP contribution is 2.28. The van der Waals surface area contributed by atoms with Gasteiger partial charge in [0.1, 0.15) is 11.5 Å². The summed E-state index contributed by atoms with van der Waals surface area (Å²) in [6.45, 7) is 1.69. The van der Waals surface area contributed by atoms with Gasteiger partial charge in [0.25, 0.3) is 0 Å². The van der Waals surface area contributed by atoms with Crippen molar-refractivity contribution in [2.24, 2.45) is 0 Å². The molecule has 1 aromatic carbocycles. The molecule has 6 nitrogen and oxygen atoms in total. The third-order valence-electron chi connectivity index (χ3n) is 2.82. The highest BCUT2D eigenvalue weighted by molar-refractivity contribution is 5.91. The molecule has 0 amide bonds. The quantitative estimate of drug-likeness (QED) is 0.681. The van der Waals surface area contributed by atoms with E-state index in [0.29, 0.717) is 22.6 Å². The number of hydrogen-bond acceptors (Lipinski definition) is 4. The first-order chi connectivity index (χ1) is 9.49. The first kappa shape index (κ1) is 13.5. The standard InChI is InChI=1S/C14H11NO5/c1-9-11(3-2-4-12(9)14(16)17)13-6-5-10(20-13)7-8-15(18)19/h2-8H,1H3,(H,16,17)/b8-7+. The van der Waals surface area contributed by atoms with Crippen LogP contribution in [0.15, 0.2) is 40.9 Å². The summed E-state index contributed by atoms with van der Waals surface area (Å²) < 4.78 is 5.45. The molecule has 0 atom stereocenters. The van der Waals surface area contributed by atoms with Gasteiger partial charge in [0, 0.05) is 5.56 Å². The van der Waals surface area contributed by atoms with Crippen molar-refractivity contribution >= 4 is 12.0 Å². The third-order valence-corrected chi connectivity index (χ3v) is 2.82. The molecule has 0 aliphatic heterocycles. The lowest BCUT2D eigenvalue weighted by atomic mass is 10.0. The van der Waals surface area contributed by atoms with Crippen molar-refractivity contribution in [1.29, 1.82) is 0 Å². The Morgan fingerprint density at radius 2 is 2.10 bits per heavy atom. The van der Waals surface area contributed by atoms with E-state index in [2.05, 4.69) is 0 Å². The van der Waals surface area contributed by atoms with E-state index in [-0.39, 0.29) is 5.56 Å². The number of nitro groups is 1. The Labute approximate surface area is 114 Å². The molecule has 2 rings (SSSR count). The van der Waals surface area contributed by atoms with Crippen molar-refractivity contribution in [1.82, 2.24) is 0 Å². The van der Waals surface area contributed by atoms with E-state index in [4.69, 9.17) is 9.52 Å². The summed E-state index contributed by atoms with van der Waals surface area (Å²) in [6.07, 6.45) is 2.02. The molecule has 0 aliphatic carbocycles. The highest BCUT2D eigenvalue weighted by atomic mass is 16.6. The third kappa shape index (κ3) is 2.74. The van der Waals surface area contributed by atoms with Crippen LogP contribution in [-0.2, 0) is 0 Å². The van der Waals surface area contributed by atoms with Gasteiger partial charge in [-0.05, 0) is 30.7 Å². The van der Waals surface area contributed by atoms with E-state index < -0.39 is 10.9 Å². The number of benzene rings is 1. The largest absolute Gasteiger partial charge is 0.478 e. The number of rotatable bonds is 4. The van der Waals surface area contributed by atoms with Crippen LogP contribution in [0.1, 0.15) is 21.7 Å². The van der Waals surface area contributed by atoms with Crippen LogP contribution in [-0.4, -0.2) is 16.0 Å². The van der Waals surface area contributed by atoms with Gasteiger partial charge >= 0.3 is 5.97 Å². The van der Waals surface area contributed by atoms with Crippen molar-refractivity contribution < 1.29 is 19.2 Å². The molecule has 2 aromatic rings. The van der Waals surface area contributed by atoms with Crippen LogP contribution < -0.4 is 0 Å². The summed E-state index contributed by atoms with van der Waals surface area (Å²) in [5.41, 5.74) is 1.42. The van der Waals surface area contributed by atoms with Crippen molar-refractivity contribution in [3.05, 3.63) is 63.5 Å². The normalized spacial score (nSPS) is 10.8. The average molecular weight is 273 g/mol. The summed E-state index contributed by atoms with van der Waals surface area (Å²) in [5, 5.41) is 19.3. The van der Waals surface area contributed by atoms with Gasteiger partial charge in [-0.15, -0.1) is 0 Å². The van der Waals surface area contributed by atoms with E-state index >= 15 is 0 Å². The van der Waals surface area contributed by atoms with Crippen LogP contribution in [0.25, 0.3) is 17.4 Å². The number of carboxylic acids is 1. The van der Waals surface area contributed by atoms with Crippen LogP contribution in [0.5, 0.6) is 0 Å². The van der Waals surface area contributed by atoms with Crippen LogP contribution in [0.2, 0.25) is 0 Å². The van der Waals surface area contributed by atoms with Crippen LogP contribution >= 0.6 is 0 Å². The molecular formula is C14H11NO5. The van der Waals surface area contributed by atoms with Gasteiger partial charge in [0.05, 0.1) is 16.6 Å². The molecule has 0 fully saturated rings. The minimum Gasteiger partial charge on any atom is -0.478 e. The molecule has 1 heterocycles. The molecule has 1 N–H and O–H groups in total. The maximum absolute atomic E-state index is 11.1. The molecule has 20 heavy (non-hydrogen) atoms. The van der Waals surface area contributed by atoms with Gasteiger partial charge in [0.2, 0.25) is 6.20 Å². The lowest BCUT2D eigenvalue weighted by Crippen LogP contribution is -2.00. The van der Waals surface area contributed by atoms with Crippen molar-refractivity contribution in [2.45, 2.75) is 6.92 Å². The number of nitrogens with zero attached hydrogens (tertiary/aromatic N) is 1. The van der Waals surface area contributed by atoms with Gasteiger partial charge in [0.15, 0.2) is 0 Å². The minimum absolute atomic E-state index is 0.196. The monoisotopic (exact) mass is 273 g/mol. The minimum atomic E-state index is -1.01. The number of carbonyl (C=O) groups is 1. The fourth-order valence-corrected chi connectivity index (χ4v) is 1.86. The van der Waals surface area contributed by atoms with Crippen molar-refractivity contribution in [3.63, 3.8) is 0 Å². The smallest absolute Gasteiger partial charge is 0.335 e. The van der Waals surface area contributed by atoms with E-state index in [1.54, 1.807) is 31.2 Å². The first-order valence-electron chi connectivity index (χ1n) is 5.74. The summed E-state index contributed by atoms with van der Waals surface area (Å²) in [7, 11) is 0. The lowest BCUT2D eigenvalue weighted by Gasteiger charge is -2.05. The second-order valence-corrected chi connectivity index (χ2v) is 4.09. The maximum atomic E-state index is 11.1. The predicted octanol–water partition coefficient (Wildman–Crippen LogP) is 3.20. The number of furan rings is 1. The van der Waals surface area contributed by atoms with Gasteiger partial charge in [-0.2, -0.15) is 0 Å². The Hall–Kier alpha value is -2.89. The van der Waals surface area contributed by atoms with Gasteiger partial charge in [-0.3, -0.25) is 10.1 Å². The fourth-order valence-electron chi connectivity index (χ4n) is 1.86. The molecule has 0 saturated carbocycles. The molecule has 0 radical (unpaired) electrons. The highest BCUT2D eigenvalue weighted by Gasteiger charge is 2.13. The summed E-state index contributed by atoms with van der Waals surface area (Å²) >= 11 is 0. The zero-order chi connectivity index (χ0) is 14.7. The molecule has 102 valence electrons. The molecule has 0 unspecified atom stereocenters. The fraction of sp³-hybridized carbons (Fsp3) is 0.0714. The molecular weight excluding hydrogens is 262 g/mol. The summed E-state index contributed by atoms with van der Waals surface area (Å²) in [6, 6.07) is 8.11. The molecule has 0 aliphatic rings. The molecule has 0 bridgehead atoms. The zero-order valence-corrected chi connectivity index (χ0v) is 10.6. The van der Waals surface area contributed by atoms with E-state index in [1.165, 1.54) is 12.1 Å². The lowest BCUT2D eigenvalue weighted by molar-refractivity contribution is -0.401. The van der Waals surface area contributed by atoms with Gasteiger partial charge < -0.3 is 9.52 Å². The topological polar surface area (TPSA) is 93.6 Å². The summed E-state index contributed by atoms with van der Waals surface area (Å²) in [5.74, 6) is -0.213. The van der Waals surface area contributed by atoms with Crippen LogP contribution in [0.4, 0.5) is 0 Å². The van der Waals surface area contributed by atoms with Crippen molar-refractivity contribution in [2.75, 3.05) is 0 Å². The SMILES string of the molecule is Cc1c(C(=O)O)cccc1-c1ccc(/C=C/[N+](=O)[O-])o1. The van der Waals surface area contributed by atoms with E-state index in [9.17, 15) is 14.9 Å². The average Bonchev–Trinajstić information content (AvgIpc) is 2.85. The van der Waals surface area contributed by atoms with Gasteiger partial charge in [-0.1, -0.05) is 12.1 Å². The van der Waals surface area contributed by atoms with Crippen LogP contribution in [0.3, 0.4) is 0 Å². The number of carboxylic acid groups (broad SMARTS) is 1. The Morgan fingerprint density at radius 3 is 2.75 bits per heavy atom. The number of aromatic carboxylic acids is 1. The molecule has 6 heteroatoms. The van der Waals surface area contributed by atoms with Crippen LogP contribution in [0, 0.1) is 17.0 Å². The zero-order valence-electron chi connectivity index (χ0n) is 10.6. The van der Waals surface area contributed by atoms with Gasteiger partial charge in [-0.25, -0.2) is 4.79 Å². The van der Waals surface area contributed by atoms with E-state index in [0.717, 1.165) is 6.20 Å². The Bertz CT molecular complexity index is 699. The predicted molar refractivity (Wildman–Crippen MR) is 71.9 cm³/mol. The Kier molecular flexibility index (Phi) is 3.65. The van der Waals surface area contributed by atoms with Crippen molar-refractivity contribution in [3.8, 4) is 11.3 Å². The second kappa shape index (κ2) is 5.40.